The summed E-state index contributed by atoms with van der Waals surface area (Å²) in [5.41, 5.74) is 3.02. The third-order valence-electron chi connectivity index (χ3n) is 4.30. The topological polar surface area (TPSA) is 60.2 Å². The quantitative estimate of drug-likeness (QED) is 0.555. The van der Waals surface area contributed by atoms with Crippen molar-refractivity contribution in [2.45, 2.75) is 13.8 Å². The maximum Gasteiger partial charge on any atom is 0.168 e. The van der Waals surface area contributed by atoms with Gasteiger partial charge in [0, 0.05) is 11.3 Å². The number of aromatic nitrogens is 3. The van der Waals surface area contributed by atoms with E-state index in [4.69, 9.17) is 4.74 Å². The largest absolute Gasteiger partial charge is 0.508 e. The molecule has 0 amide bonds. The third kappa shape index (κ3) is 3.53. The van der Waals surface area contributed by atoms with Crippen LogP contribution < -0.4 is 4.74 Å². The maximum atomic E-state index is 9.52. The van der Waals surface area contributed by atoms with Gasteiger partial charge in [0.2, 0.25) is 0 Å². The molecule has 0 aliphatic carbocycles. The Morgan fingerprint density at radius 2 is 1.33 bits per heavy atom. The Labute approximate surface area is 157 Å². The van der Waals surface area contributed by atoms with Gasteiger partial charge in [-0.3, -0.25) is 4.57 Å². The molecule has 0 fully saturated rings. The van der Waals surface area contributed by atoms with Crippen LogP contribution in [0.3, 0.4) is 0 Å². The smallest absolute Gasteiger partial charge is 0.168 e. The predicted octanol–water partition coefficient (Wildman–Crippen LogP) is 5.05. The molecule has 0 saturated heterocycles. The van der Waals surface area contributed by atoms with Gasteiger partial charge in [-0.05, 0) is 74.5 Å². The van der Waals surface area contributed by atoms with Crippen LogP contribution in [0.4, 0.5) is 0 Å². The fourth-order valence-corrected chi connectivity index (χ4v) is 2.87. The van der Waals surface area contributed by atoms with Gasteiger partial charge in [0.25, 0.3) is 0 Å². The molecule has 0 radical (unpaired) electrons. The molecule has 0 saturated carbocycles. The Kier molecular flexibility index (Phi) is 4.34. The minimum Gasteiger partial charge on any atom is -0.508 e. The van der Waals surface area contributed by atoms with Gasteiger partial charge in [-0.2, -0.15) is 0 Å². The van der Waals surface area contributed by atoms with E-state index < -0.39 is 0 Å². The Morgan fingerprint density at radius 1 is 0.741 bits per heavy atom. The van der Waals surface area contributed by atoms with E-state index >= 15 is 0 Å². The maximum absolute atomic E-state index is 9.52. The zero-order chi connectivity index (χ0) is 18.8. The van der Waals surface area contributed by atoms with E-state index in [-0.39, 0.29) is 5.75 Å². The van der Waals surface area contributed by atoms with Gasteiger partial charge in [0.05, 0.1) is 0 Å². The zero-order valence-corrected chi connectivity index (χ0v) is 15.1. The number of hydrogen-bond acceptors (Lipinski definition) is 4. The van der Waals surface area contributed by atoms with Gasteiger partial charge in [0.15, 0.2) is 5.82 Å². The van der Waals surface area contributed by atoms with Gasteiger partial charge >= 0.3 is 0 Å². The van der Waals surface area contributed by atoms with Gasteiger partial charge in [-0.15, -0.1) is 10.2 Å². The Morgan fingerprint density at radius 3 is 1.96 bits per heavy atom. The lowest BCUT2D eigenvalue weighted by molar-refractivity contribution is 0.475. The summed E-state index contributed by atoms with van der Waals surface area (Å²) in [6.45, 7) is 3.95. The normalized spacial score (nSPS) is 10.7. The molecular weight excluding hydrogens is 338 g/mol. The van der Waals surface area contributed by atoms with E-state index in [0.29, 0.717) is 0 Å². The first kappa shape index (κ1) is 16.8. The molecule has 4 aromatic rings. The first-order valence-electron chi connectivity index (χ1n) is 8.66. The van der Waals surface area contributed by atoms with Crippen molar-refractivity contribution in [1.29, 1.82) is 0 Å². The van der Waals surface area contributed by atoms with Crippen molar-refractivity contribution in [3.63, 3.8) is 0 Å². The summed E-state index contributed by atoms with van der Waals surface area (Å²) in [6.07, 6.45) is 0. The van der Waals surface area contributed by atoms with Gasteiger partial charge in [-0.1, -0.05) is 17.7 Å². The monoisotopic (exact) mass is 357 g/mol. The van der Waals surface area contributed by atoms with Crippen molar-refractivity contribution in [2.24, 2.45) is 0 Å². The molecule has 0 bridgehead atoms. The number of benzene rings is 3. The van der Waals surface area contributed by atoms with Gasteiger partial charge in [-0.25, -0.2) is 0 Å². The number of phenolic OH excluding ortho intramolecular Hbond substituents is 1. The molecule has 0 spiro atoms. The minimum absolute atomic E-state index is 0.226. The highest BCUT2D eigenvalue weighted by Gasteiger charge is 2.13. The second kappa shape index (κ2) is 6.96. The number of nitrogens with zero attached hydrogens (tertiary/aromatic N) is 3. The molecule has 134 valence electrons. The van der Waals surface area contributed by atoms with E-state index in [1.54, 1.807) is 12.1 Å². The molecule has 1 N–H and O–H groups in total. The number of ether oxygens (including phenoxy) is 1. The van der Waals surface area contributed by atoms with Crippen LogP contribution in [0, 0.1) is 13.8 Å². The molecule has 0 aliphatic rings. The van der Waals surface area contributed by atoms with Gasteiger partial charge < -0.3 is 9.84 Å². The van der Waals surface area contributed by atoms with Crippen molar-refractivity contribution >= 4 is 0 Å². The molecular formula is C22H19N3O2. The summed E-state index contributed by atoms with van der Waals surface area (Å²) in [5.74, 6) is 3.30. The molecule has 1 heterocycles. The second-order valence-corrected chi connectivity index (χ2v) is 6.36. The molecule has 0 unspecified atom stereocenters. The molecule has 0 atom stereocenters. The highest BCUT2D eigenvalue weighted by molar-refractivity contribution is 5.60. The molecule has 5 heteroatoms. The number of phenols is 1. The second-order valence-electron chi connectivity index (χ2n) is 6.36. The first-order valence-corrected chi connectivity index (χ1v) is 8.66. The highest BCUT2D eigenvalue weighted by atomic mass is 16.5. The van der Waals surface area contributed by atoms with Crippen molar-refractivity contribution in [3.05, 3.63) is 84.2 Å². The van der Waals surface area contributed by atoms with Crippen LogP contribution in [-0.4, -0.2) is 19.9 Å². The zero-order valence-electron chi connectivity index (χ0n) is 15.1. The van der Waals surface area contributed by atoms with Crippen LogP contribution in [0.5, 0.6) is 17.2 Å². The van der Waals surface area contributed by atoms with Crippen LogP contribution in [0.1, 0.15) is 11.4 Å². The predicted molar refractivity (Wildman–Crippen MR) is 104 cm³/mol. The summed E-state index contributed by atoms with van der Waals surface area (Å²) in [6, 6.07) is 22.7. The van der Waals surface area contributed by atoms with Crippen molar-refractivity contribution < 1.29 is 9.84 Å². The lowest BCUT2D eigenvalue weighted by Gasteiger charge is -2.10. The van der Waals surface area contributed by atoms with Gasteiger partial charge in [0.1, 0.15) is 23.1 Å². The lowest BCUT2D eigenvalue weighted by Crippen LogP contribution is -1.99. The van der Waals surface area contributed by atoms with Crippen molar-refractivity contribution in [3.8, 4) is 34.3 Å². The Balaban J connectivity index is 1.63. The van der Waals surface area contributed by atoms with E-state index in [0.717, 1.165) is 34.4 Å². The molecule has 27 heavy (non-hydrogen) atoms. The van der Waals surface area contributed by atoms with Crippen LogP contribution in [0.2, 0.25) is 0 Å². The fourth-order valence-electron chi connectivity index (χ4n) is 2.87. The number of aromatic hydroxyl groups is 1. The summed E-state index contributed by atoms with van der Waals surface area (Å²) in [7, 11) is 0. The Bertz CT molecular complexity index is 1050. The van der Waals surface area contributed by atoms with Crippen molar-refractivity contribution in [1.82, 2.24) is 14.8 Å². The minimum atomic E-state index is 0.226. The van der Waals surface area contributed by atoms with Crippen LogP contribution in [-0.2, 0) is 0 Å². The van der Waals surface area contributed by atoms with E-state index in [1.165, 1.54) is 5.56 Å². The lowest BCUT2D eigenvalue weighted by atomic mass is 10.2. The molecule has 4 rings (SSSR count). The van der Waals surface area contributed by atoms with Crippen LogP contribution in [0.15, 0.2) is 72.8 Å². The average molecular weight is 357 g/mol. The number of aryl methyl sites for hydroxylation is 2. The number of hydrogen-bond donors (Lipinski definition) is 1. The summed E-state index contributed by atoms with van der Waals surface area (Å²) < 4.78 is 7.84. The number of rotatable bonds is 4. The molecule has 0 aliphatic heterocycles. The SMILES string of the molecule is Cc1ccc(Oc2ccc(-c3nnc(C)n3-c3ccc(O)cc3)cc2)cc1. The highest BCUT2D eigenvalue weighted by Crippen LogP contribution is 2.27. The van der Waals surface area contributed by atoms with Crippen LogP contribution >= 0.6 is 0 Å². The summed E-state index contributed by atoms with van der Waals surface area (Å²) in [5, 5.41) is 18.0. The summed E-state index contributed by atoms with van der Waals surface area (Å²) >= 11 is 0. The molecule has 1 aromatic heterocycles. The third-order valence-corrected chi connectivity index (χ3v) is 4.30. The van der Waals surface area contributed by atoms with Crippen LogP contribution in [0.25, 0.3) is 17.1 Å². The van der Waals surface area contributed by atoms with Crippen molar-refractivity contribution in [2.75, 3.05) is 0 Å². The Hall–Kier alpha value is -3.60. The molecule has 5 nitrogen and oxygen atoms in total. The fraction of sp³-hybridized carbons (Fsp3) is 0.0909. The standard InChI is InChI=1S/C22H19N3O2/c1-15-3-11-20(12-4-15)27-21-13-5-17(6-14-21)22-24-23-16(2)25(22)18-7-9-19(26)10-8-18/h3-14,26H,1-2H3. The van der Waals surface area contributed by atoms with E-state index in [1.807, 2.05) is 79.1 Å². The average Bonchev–Trinajstić information content (AvgIpc) is 3.06. The molecule has 3 aromatic carbocycles. The van der Waals surface area contributed by atoms with E-state index in [9.17, 15) is 5.11 Å². The van der Waals surface area contributed by atoms with E-state index in [2.05, 4.69) is 10.2 Å². The first-order chi connectivity index (χ1) is 13.1. The summed E-state index contributed by atoms with van der Waals surface area (Å²) in [4.78, 5) is 0.